The van der Waals surface area contributed by atoms with Crippen LogP contribution in [-0.2, 0) is 42.9 Å². The van der Waals surface area contributed by atoms with Crippen molar-refractivity contribution in [1.29, 1.82) is 0 Å². The average Bonchev–Trinajstić information content (AvgIpc) is 2.86. The van der Waals surface area contributed by atoms with Crippen molar-refractivity contribution in [3.63, 3.8) is 0 Å². The van der Waals surface area contributed by atoms with Crippen molar-refractivity contribution < 1.29 is 52.3 Å². The van der Waals surface area contributed by atoms with E-state index in [1.165, 1.54) is 6.92 Å². The molecule has 40 heavy (non-hydrogen) atoms. The summed E-state index contributed by atoms with van der Waals surface area (Å²) in [7, 11) is 0. The number of hydrogen-bond acceptors (Lipinski definition) is 12. The summed E-state index contributed by atoms with van der Waals surface area (Å²) in [6.45, 7) is 4.22. The number of benzene rings is 2. The fourth-order valence-electron chi connectivity index (χ4n) is 3.82. The lowest BCUT2D eigenvalue weighted by atomic mass is 9.97. The Kier molecular flexibility index (Phi) is 10.8. The molecule has 2 aromatic carbocycles. The molecule has 3 rings (SSSR count). The van der Waals surface area contributed by atoms with Gasteiger partial charge in [-0.2, -0.15) is 0 Å². The summed E-state index contributed by atoms with van der Waals surface area (Å²) in [4.78, 5) is 47.3. The molecule has 0 aromatic heterocycles. The molecule has 1 fully saturated rings. The quantitative estimate of drug-likeness (QED) is 0.266. The normalized spacial score (nSPS) is 21.8. The fraction of sp³-hybridized carbons (Fsp3) is 0.370. The molecule has 0 unspecified atom stereocenters. The molecule has 1 N–H and O–H groups in total. The molecule has 1 heterocycles. The number of para-hydroxylation sites is 1. The maximum absolute atomic E-state index is 12.0. The zero-order valence-electron chi connectivity index (χ0n) is 22.2. The maximum atomic E-state index is 12.0. The molecule has 0 amide bonds. The highest BCUT2D eigenvalue weighted by atomic mass is 32.1. The third kappa shape index (κ3) is 9.20. The molecule has 12 nitrogen and oxygen atoms in total. The van der Waals surface area contributed by atoms with E-state index in [0.29, 0.717) is 17.2 Å². The predicted octanol–water partition coefficient (Wildman–Crippen LogP) is 2.82. The first kappa shape index (κ1) is 30.3. The fourth-order valence-corrected chi connectivity index (χ4v) is 4.04. The lowest BCUT2D eigenvalue weighted by molar-refractivity contribution is -0.255. The van der Waals surface area contributed by atoms with E-state index in [1.807, 2.05) is 18.2 Å². The highest BCUT2D eigenvalue weighted by Crippen LogP contribution is 2.29. The highest BCUT2D eigenvalue weighted by molar-refractivity contribution is 7.80. The lowest BCUT2D eigenvalue weighted by Crippen LogP contribution is -2.66. The van der Waals surface area contributed by atoms with E-state index >= 15 is 0 Å². The zero-order chi connectivity index (χ0) is 29.2. The summed E-state index contributed by atoms with van der Waals surface area (Å²) < 4.78 is 38.7. The van der Waals surface area contributed by atoms with E-state index in [-0.39, 0.29) is 11.8 Å². The van der Waals surface area contributed by atoms with E-state index in [9.17, 15) is 19.2 Å². The Balaban J connectivity index is 1.83. The minimum Gasteiger partial charge on any atom is -0.463 e. The van der Waals surface area contributed by atoms with Crippen molar-refractivity contribution in [3.8, 4) is 17.2 Å². The van der Waals surface area contributed by atoms with Gasteiger partial charge in [-0.05, 0) is 36.5 Å². The summed E-state index contributed by atoms with van der Waals surface area (Å²) in [5, 5.41) is 2.59. The largest absolute Gasteiger partial charge is 0.463 e. The molecule has 1 aliphatic rings. The summed E-state index contributed by atoms with van der Waals surface area (Å²) in [5.74, 6) is -1.43. The van der Waals surface area contributed by atoms with Gasteiger partial charge in [0, 0.05) is 33.8 Å². The van der Waals surface area contributed by atoms with Crippen LogP contribution in [0.25, 0.3) is 0 Å². The molecule has 0 saturated carbocycles. The first-order valence-electron chi connectivity index (χ1n) is 12.1. The number of esters is 4. The third-order valence-corrected chi connectivity index (χ3v) is 5.45. The van der Waals surface area contributed by atoms with Crippen molar-refractivity contribution in [2.45, 2.75) is 58.3 Å². The van der Waals surface area contributed by atoms with Crippen molar-refractivity contribution in [3.05, 3.63) is 54.6 Å². The molecule has 2 aromatic rings. The van der Waals surface area contributed by atoms with Crippen LogP contribution in [0.5, 0.6) is 17.2 Å². The average molecular weight is 576 g/mol. The molecule has 0 spiro atoms. The van der Waals surface area contributed by atoms with Gasteiger partial charge in [-0.3, -0.25) is 19.2 Å². The molecule has 13 heteroatoms. The number of hydrogen-bond donors (Lipinski definition) is 1. The molecule has 0 aliphatic carbocycles. The standard InChI is InChI=1S/C27H29NO11S/c1-15(29)33-14-22-23(34-16(2)30)24(35-17(3)31)25(36-18(4)32)26(39-22)28-27(40)38-21-12-8-11-20(13-21)37-19-9-6-5-7-10-19/h5-13,22-26H,14H2,1-4H3,(H,28,40)/t22-,23-,24+,25+,26-/m0/s1. The number of carbonyl (C=O) groups excluding carboxylic acids is 4. The van der Waals surface area contributed by atoms with Crippen molar-refractivity contribution >= 4 is 41.3 Å². The maximum Gasteiger partial charge on any atom is 0.303 e. The minimum absolute atomic E-state index is 0.197. The van der Waals surface area contributed by atoms with Gasteiger partial charge in [-0.15, -0.1) is 0 Å². The summed E-state index contributed by atoms with van der Waals surface area (Å²) >= 11 is 5.35. The number of nitrogens with one attached hydrogen (secondary N) is 1. The summed E-state index contributed by atoms with van der Waals surface area (Å²) in [6, 6.07) is 15.8. The van der Waals surface area contributed by atoms with Crippen LogP contribution in [0, 0.1) is 0 Å². The van der Waals surface area contributed by atoms with Crippen LogP contribution in [0.15, 0.2) is 54.6 Å². The first-order chi connectivity index (χ1) is 19.0. The Labute approximate surface area is 235 Å². The molecule has 0 radical (unpaired) electrons. The van der Waals surface area contributed by atoms with Gasteiger partial charge in [0.1, 0.15) is 30.0 Å². The Morgan fingerprint density at radius 1 is 0.750 bits per heavy atom. The monoisotopic (exact) mass is 575 g/mol. The van der Waals surface area contributed by atoms with Crippen LogP contribution in [0.1, 0.15) is 27.7 Å². The second-order valence-corrected chi connectivity index (χ2v) is 8.91. The van der Waals surface area contributed by atoms with Gasteiger partial charge in [0.15, 0.2) is 24.5 Å². The van der Waals surface area contributed by atoms with E-state index in [2.05, 4.69) is 5.32 Å². The van der Waals surface area contributed by atoms with E-state index in [4.69, 9.17) is 45.4 Å². The van der Waals surface area contributed by atoms with Gasteiger partial charge in [-0.1, -0.05) is 24.3 Å². The second kappa shape index (κ2) is 14.2. The first-order valence-corrected chi connectivity index (χ1v) is 12.5. The number of thiocarbonyl (C=S) groups is 1. The minimum atomic E-state index is -1.34. The van der Waals surface area contributed by atoms with Crippen LogP contribution < -0.4 is 14.8 Å². The Morgan fingerprint density at radius 3 is 1.95 bits per heavy atom. The molecule has 1 aliphatic heterocycles. The van der Waals surface area contributed by atoms with Crippen LogP contribution in [0.4, 0.5) is 0 Å². The highest BCUT2D eigenvalue weighted by Gasteiger charge is 2.52. The van der Waals surface area contributed by atoms with Gasteiger partial charge >= 0.3 is 23.9 Å². The SMILES string of the molecule is CC(=O)OC[C@@H]1O[C@H](NC(=S)Oc2cccc(Oc3ccccc3)c2)[C@H](OC(C)=O)[C@H](OC(C)=O)[C@H]1OC(C)=O. The van der Waals surface area contributed by atoms with Crippen LogP contribution in [0.2, 0.25) is 0 Å². The Bertz CT molecular complexity index is 1220. The van der Waals surface area contributed by atoms with Gasteiger partial charge in [0.25, 0.3) is 5.17 Å². The second-order valence-electron chi connectivity index (χ2n) is 8.54. The van der Waals surface area contributed by atoms with Gasteiger partial charge in [0.2, 0.25) is 0 Å². The van der Waals surface area contributed by atoms with Crippen molar-refractivity contribution in [2.24, 2.45) is 0 Å². The van der Waals surface area contributed by atoms with E-state index in [1.54, 1.807) is 36.4 Å². The zero-order valence-corrected chi connectivity index (χ0v) is 23.0. The van der Waals surface area contributed by atoms with Crippen LogP contribution in [0.3, 0.4) is 0 Å². The summed E-state index contributed by atoms with van der Waals surface area (Å²) in [6.07, 6.45) is -6.37. The van der Waals surface area contributed by atoms with Gasteiger partial charge in [-0.25, -0.2) is 0 Å². The topological polar surface area (TPSA) is 145 Å². The predicted molar refractivity (Wildman–Crippen MR) is 141 cm³/mol. The Hall–Kier alpha value is -4.23. The van der Waals surface area contributed by atoms with Gasteiger partial charge < -0.3 is 38.5 Å². The summed E-state index contributed by atoms with van der Waals surface area (Å²) in [5.41, 5.74) is 0. The van der Waals surface area contributed by atoms with Crippen molar-refractivity contribution in [1.82, 2.24) is 5.32 Å². The number of carbonyl (C=O) groups is 4. The Morgan fingerprint density at radius 2 is 1.32 bits per heavy atom. The van der Waals surface area contributed by atoms with Crippen LogP contribution in [-0.4, -0.2) is 66.3 Å². The third-order valence-electron chi connectivity index (χ3n) is 5.25. The molecule has 5 atom stereocenters. The molecule has 0 bridgehead atoms. The molecule has 1 saturated heterocycles. The molecular formula is C27H29NO11S. The van der Waals surface area contributed by atoms with E-state index < -0.39 is 54.5 Å². The van der Waals surface area contributed by atoms with Crippen molar-refractivity contribution in [2.75, 3.05) is 6.61 Å². The van der Waals surface area contributed by atoms with Gasteiger partial charge in [0.05, 0.1) is 0 Å². The lowest BCUT2D eigenvalue weighted by Gasteiger charge is -2.44. The smallest absolute Gasteiger partial charge is 0.303 e. The molecular weight excluding hydrogens is 546 g/mol. The van der Waals surface area contributed by atoms with E-state index in [0.717, 1.165) is 20.8 Å². The molecule has 214 valence electrons. The number of ether oxygens (including phenoxy) is 7. The number of rotatable bonds is 9. The van der Waals surface area contributed by atoms with Crippen LogP contribution >= 0.6 is 12.2 Å².